The van der Waals surface area contributed by atoms with Crippen molar-refractivity contribution in [1.29, 1.82) is 0 Å². The van der Waals surface area contributed by atoms with Crippen LogP contribution in [0.25, 0.3) is 0 Å². The zero-order chi connectivity index (χ0) is 11.0. The fourth-order valence-electron chi connectivity index (χ4n) is 1.40. The van der Waals surface area contributed by atoms with Crippen LogP contribution in [0.1, 0.15) is 27.2 Å². The summed E-state index contributed by atoms with van der Waals surface area (Å²) < 4.78 is 0. The van der Waals surface area contributed by atoms with E-state index in [-0.39, 0.29) is 0 Å². The Kier molecular flexibility index (Phi) is 8.73. The summed E-state index contributed by atoms with van der Waals surface area (Å²) in [6.07, 6.45) is 3.39. The van der Waals surface area contributed by atoms with Crippen molar-refractivity contribution in [2.45, 2.75) is 39.3 Å². The molecule has 2 nitrogen and oxygen atoms in total. The van der Waals surface area contributed by atoms with E-state index in [4.69, 9.17) is 0 Å². The van der Waals surface area contributed by atoms with Crippen molar-refractivity contribution in [3.63, 3.8) is 0 Å². The van der Waals surface area contributed by atoms with E-state index in [2.05, 4.69) is 44.3 Å². The van der Waals surface area contributed by atoms with Gasteiger partial charge in [0.15, 0.2) is 0 Å². The third-order valence-electron chi connectivity index (χ3n) is 2.50. The van der Waals surface area contributed by atoms with E-state index in [0.29, 0.717) is 12.1 Å². The maximum Gasteiger partial charge on any atom is 0.0215 e. The van der Waals surface area contributed by atoms with Crippen LogP contribution in [-0.4, -0.2) is 49.1 Å². The monoisotopic (exact) mass is 218 g/mol. The lowest BCUT2D eigenvalue weighted by Gasteiger charge is -2.28. The summed E-state index contributed by atoms with van der Waals surface area (Å²) in [5.41, 5.74) is 0. The van der Waals surface area contributed by atoms with Gasteiger partial charge in [-0.2, -0.15) is 11.8 Å². The highest BCUT2D eigenvalue weighted by Crippen LogP contribution is 2.02. The zero-order valence-corrected chi connectivity index (χ0v) is 11.2. The minimum Gasteiger partial charge on any atom is -0.313 e. The van der Waals surface area contributed by atoms with Gasteiger partial charge < -0.3 is 10.2 Å². The minimum absolute atomic E-state index is 0.595. The predicted octanol–water partition coefficient (Wildman–Crippen LogP) is 2.06. The molecule has 1 atom stereocenters. The van der Waals surface area contributed by atoms with E-state index in [1.54, 1.807) is 0 Å². The van der Waals surface area contributed by atoms with Crippen LogP contribution in [-0.2, 0) is 0 Å². The molecule has 0 rings (SSSR count). The SMILES string of the molecule is CCC(CNC(C)C)N(C)CCSC. The lowest BCUT2D eigenvalue weighted by Crippen LogP contribution is -2.42. The van der Waals surface area contributed by atoms with Gasteiger partial charge in [0, 0.05) is 30.9 Å². The third-order valence-corrected chi connectivity index (χ3v) is 3.10. The molecule has 0 aliphatic heterocycles. The molecule has 0 saturated carbocycles. The van der Waals surface area contributed by atoms with Gasteiger partial charge in [0.1, 0.15) is 0 Å². The van der Waals surface area contributed by atoms with Gasteiger partial charge in [0.2, 0.25) is 0 Å². The third kappa shape index (κ3) is 6.68. The van der Waals surface area contributed by atoms with Crippen molar-refractivity contribution in [1.82, 2.24) is 10.2 Å². The molecule has 0 fully saturated rings. The number of hydrogen-bond acceptors (Lipinski definition) is 3. The molecule has 0 bridgehead atoms. The first-order valence-corrected chi connectivity index (χ1v) is 6.93. The molecule has 0 radical (unpaired) electrons. The molecule has 0 spiro atoms. The molecule has 3 heteroatoms. The van der Waals surface area contributed by atoms with Crippen LogP contribution in [0.15, 0.2) is 0 Å². The van der Waals surface area contributed by atoms with Gasteiger partial charge in [-0.05, 0) is 19.7 Å². The first-order valence-electron chi connectivity index (χ1n) is 5.54. The van der Waals surface area contributed by atoms with Crippen LogP contribution in [0.2, 0.25) is 0 Å². The molecule has 0 saturated heterocycles. The van der Waals surface area contributed by atoms with Crippen LogP contribution in [0.5, 0.6) is 0 Å². The molecule has 14 heavy (non-hydrogen) atoms. The number of thioether (sulfide) groups is 1. The second kappa shape index (κ2) is 8.57. The summed E-state index contributed by atoms with van der Waals surface area (Å²) in [4.78, 5) is 2.46. The second-order valence-corrected chi connectivity index (χ2v) is 5.08. The summed E-state index contributed by atoms with van der Waals surface area (Å²) in [5, 5.41) is 3.51. The molecular weight excluding hydrogens is 192 g/mol. The molecule has 1 unspecified atom stereocenters. The quantitative estimate of drug-likeness (QED) is 0.671. The minimum atomic E-state index is 0.595. The van der Waals surface area contributed by atoms with Gasteiger partial charge in [0.05, 0.1) is 0 Å². The molecule has 0 aromatic heterocycles. The van der Waals surface area contributed by atoms with Crippen molar-refractivity contribution in [2.24, 2.45) is 0 Å². The summed E-state index contributed by atoms with van der Waals surface area (Å²) in [7, 11) is 2.23. The summed E-state index contributed by atoms with van der Waals surface area (Å²) in [6, 6.07) is 1.28. The lowest BCUT2D eigenvalue weighted by atomic mass is 10.2. The molecular formula is C11H26N2S. The molecule has 86 valence electrons. The van der Waals surface area contributed by atoms with E-state index in [9.17, 15) is 0 Å². The summed E-state index contributed by atoms with van der Waals surface area (Å²) in [5.74, 6) is 1.23. The molecule has 0 heterocycles. The van der Waals surface area contributed by atoms with Crippen LogP contribution in [0, 0.1) is 0 Å². The Labute approximate surface area is 93.8 Å². The van der Waals surface area contributed by atoms with E-state index in [1.165, 1.54) is 18.7 Å². The maximum atomic E-state index is 3.51. The standard InChI is InChI=1S/C11H26N2S/c1-6-11(9-12-10(2)3)13(4)7-8-14-5/h10-12H,6-9H2,1-5H3. The Balaban J connectivity index is 3.74. The smallest absolute Gasteiger partial charge is 0.0215 e. The number of nitrogens with zero attached hydrogens (tertiary/aromatic N) is 1. The molecule has 0 aromatic carbocycles. The van der Waals surface area contributed by atoms with Gasteiger partial charge in [-0.25, -0.2) is 0 Å². The maximum absolute atomic E-state index is 3.51. The molecule has 0 aliphatic rings. The van der Waals surface area contributed by atoms with Crippen molar-refractivity contribution in [3.8, 4) is 0 Å². The molecule has 0 amide bonds. The highest BCUT2D eigenvalue weighted by molar-refractivity contribution is 7.98. The number of hydrogen-bond donors (Lipinski definition) is 1. The number of rotatable bonds is 8. The fourth-order valence-corrected chi connectivity index (χ4v) is 1.87. The van der Waals surface area contributed by atoms with E-state index in [0.717, 1.165) is 6.54 Å². The number of nitrogens with one attached hydrogen (secondary N) is 1. The normalized spacial score (nSPS) is 13.9. The van der Waals surface area contributed by atoms with Gasteiger partial charge in [-0.15, -0.1) is 0 Å². The van der Waals surface area contributed by atoms with Crippen molar-refractivity contribution in [2.75, 3.05) is 32.1 Å². The highest BCUT2D eigenvalue weighted by atomic mass is 32.2. The Morgan fingerprint density at radius 2 is 2.00 bits per heavy atom. The van der Waals surface area contributed by atoms with E-state index in [1.807, 2.05) is 11.8 Å². The van der Waals surface area contributed by atoms with Gasteiger partial charge in [-0.3, -0.25) is 0 Å². The van der Waals surface area contributed by atoms with Gasteiger partial charge in [-0.1, -0.05) is 20.8 Å². The van der Waals surface area contributed by atoms with Crippen LogP contribution in [0.3, 0.4) is 0 Å². The topological polar surface area (TPSA) is 15.3 Å². The average molecular weight is 218 g/mol. The van der Waals surface area contributed by atoms with Gasteiger partial charge in [0.25, 0.3) is 0 Å². The Hall–Kier alpha value is 0.270. The van der Waals surface area contributed by atoms with Gasteiger partial charge >= 0.3 is 0 Å². The Morgan fingerprint density at radius 3 is 2.43 bits per heavy atom. The number of likely N-dealkylation sites (N-methyl/N-ethyl adjacent to an activating group) is 1. The summed E-state index contributed by atoms with van der Waals surface area (Å²) in [6.45, 7) is 8.98. The Bertz CT molecular complexity index is 128. The second-order valence-electron chi connectivity index (χ2n) is 4.10. The largest absolute Gasteiger partial charge is 0.313 e. The predicted molar refractivity (Wildman–Crippen MR) is 68.2 cm³/mol. The molecule has 1 N–H and O–H groups in total. The van der Waals surface area contributed by atoms with E-state index < -0.39 is 0 Å². The van der Waals surface area contributed by atoms with E-state index >= 15 is 0 Å². The van der Waals surface area contributed by atoms with Crippen molar-refractivity contribution < 1.29 is 0 Å². The average Bonchev–Trinajstić information content (AvgIpc) is 2.15. The van der Waals surface area contributed by atoms with Crippen molar-refractivity contribution >= 4 is 11.8 Å². The lowest BCUT2D eigenvalue weighted by molar-refractivity contribution is 0.238. The van der Waals surface area contributed by atoms with Crippen LogP contribution < -0.4 is 5.32 Å². The zero-order valence-electron chi connectivity index (χ0n) is 10.3. The Morgan fingerprint density at radius 1 is 1.36 bits per heavy atom. The van der Waals surface area contributed by atoms with Crippen LogP contribution >= 0.6 is 11.8 Å². The molecule has 0 aromatic rings. The first kappa shape index (κ1) is 14.3. The summed E-state index contributed by atoms with van der Waals surface area (Å²) >= 11 is 1.92. The highest BCUT2D eigenvalue weighted by Gasteiger charge is 2.11. The van der Waals surface area contributed by atoms with Crippen molar-refractivity contribution in [3.05, 3.63) is 0 Å². The first-order chi connectivity index (χ1) is 6.61. The fraction of sp³-hybridized carbons (Fsp3) is 1.00. The molecule has 0 aliphatic carbocycles. The van der Waals surface area contributed by atoms with Crippen LogP contribution in [0.4, 0.5) is 0 Å².